The number of urea groups is 1. The van der Waals surface area contributed by atoms with E-state index in [1.165, 1.54) is 7.11 Å². The average Bonchev–Trinajstić information content (AvgIpc) is 2.71. The summed E-state index contributed by atoms with van der Waals surface area (Å²) in [6, 6.07) is 2.51. The molecule has 3 amide bonds. The van der Waals surface area contributed by atoms with Crippen LogP contribution in [0.3, 0.4) is 0 Å². The Morgan fingerprint density at radius 1 is 1.30 bits per heavy atom. The van der Waals surface area contributed by atoms with Gasteiger partial charge in [0.25, 0.3) is 5.91 Å². The SMILES string of the molecule is COc1ccc(N2C(=O)[C@@H]3C[C@@H](C)CCN3C2=O)nn1. The molecule has 0 spiro atoms. The van der Waals surface area contributed by atoms with Gasteiger partial charge in [-0.2, -0.15) is 0 Å². The summed E-state index contributed by atoms with van der Waals surface area (Å²) in [6.45, 7) is 2.72. The predicted octanol–water partition coefficient (Wildman–Crippen LogP) is 1.05. The van der Waals surface area contributed by atoms with Crippen molar-refractivity contribution in [3.05, 3.63) is 12.1 Å². The second kappa shape index (κ2) is 4.73. The number of hydrogen-bond donors (Lipinski definition) is 0. The van der Waals surface area contributed by atoms with Crippen molar-refractivity contribution in [3.63, 3.8) is 0 Å². The fourth-order valence-corrected chi connectivity index (χ4v) is 2.73. The number of carbonyl (C=O) groups excluding carboxylic acids is 2. The van der Waals surface area contributed by atoms with Crippen molar-refractivity contribution in [2.75, 3.05) is 18.6 Å². The molecule has 0 bridgehead atoms. The van der Waals surface area contributed by atoms with Crippen LogP contribution in [0.4, 0.5) is 10.6 Å². The standard InChI is InChI=1S/C13H16N4O3/c1-8-5-6-16-9(7-8)12(18)17(13(16)19)10-3-4-11(20-2)15-14-10/h3-4,8-9H,5-7H2,1-2H3/t8-,9-/m0/s1. The zero-order valence-electron chi connectivity index (χ0n) is 11.4. The van der Waals surface area contributed by atoms with E-state index in [-0.39, 0.29) is 23.8 Å². The van der Waals surface area contributed by atoms with Crippen LogP contribution in [0.2, 0.25) is 0 Å². The molecule has 0 N–H and O–H groups in total. The molecule has 3 rings (SSSR count). The Morgan fingerprint density at radius 2 is 2.10 bits per heavy atom. The smallest absolute Gasteiger partial charge is 0.333 e. The highest BCUT2D eigenvalue weighted by Crippen LogP contribution is 2.32. The molecule has 2 atom stereocenters. The Kier molecular flexibility index (Phi) is 3.04. The number of hydrogen-bond acceptors (Lipinski definition) is 5. The van der Waals surface area contributed by atoms with Crippen LogP contribution in [0.25, 0.3) is 0 Å². The maximum Gasteiger partial charge on any atom is 0.333 e. The van der Waals surface area contributed by atoms with Crippen LogP contribution >= 0.6 is 0 Å². The van der Waals surface area contributed by atoms with E-state index in [0.717, 1.165) is 11.3 Å². The lowest BCUT2D eigenvalue weighted by Crippen LogP contribution is -2.41. The first-order valence-electron chi connectivity index (χ1n) is 6.64. The second-order valence-corrected chi connectivity index (χ2v) is 5.23. The molecular weight excluding hydrogens is 260 g/mol. The van der Waals surface area contributed by atoms with E-state index in [9.17, 15) is 9.59 Å². The Labute approximate surface area is 116 Å². The van der Waals surface area contributed by atoms with Gasteiger partial charge in [0.05, 0.1) is 7.11 Å². The van der Waals surface area contributed by atoms with Gasteiger partial charge >= 0.3 is 6.03 Å². The lowest BCUT2D eigenvalue weighted by molar-refractivity contribution is -0.120. The van der Waals surface area contributed by atoms with E-state index in [4.69, 9.17) is 4.74 Å². The van der Waals surface area contributed by atoms with Gasteiger partial charge in [0.1, 0.15) is 6.04 Å². The van der Waals surface area contributed by atoms with Gasteiger partial charge < -0.3 is 9.64 Å². The number of amides is 3. The summed E-state index contributed by atoms with van der Waals surface area (Å²) in [4.78, 5) is 27.5. The van der Waals surface area contributed by atoms with Crippen molar-refractivity contribution in [3.8, 4) is 5.88 Å². The third-order valence-corrected chi connectivity index (χ3v) is 3.87. The van der Waals surface area contributed by atoms with Crippen molar-refractivity contribution in [2.24, 2.45) is 5.92 Å². The topological polar surface area (TPSA) is 75.6 Å². The summed E-state index contributed by atoms with van der Waals surface area (Å²) in [5, 5.41) is 7.70. The number of methoxy groups -OCH3 is 1. The van der Waals surface area contributed by atoms with E-state index in [0.29, 0.717) is 24.8 Å². The molecule has 0 unspecified atom stereocenters. The lowest BCUT2D eigenvalue weighted by atomic mass is 9.93. The first-order chi connectivity index (χ1) is 9.61. The molecule has 2 aliphatic rings. The number of nitrogens with zero attached hydrogens (tertiary/aromatic N) is 4. The van der Waals surface area contributed by atoms with Crippen LogP contribution in [-0.4, -0.2) is 46.7 Å². The second-order valence-electron chi connectivity index (χ2n) is 5.23. The molecule has 7 heteroatoms. The summed E-state index contributed by atoms with van der Waals surface area (Å²) < 4.78 is 4.92. The molecule has 20 heavy (non-hydrogen) atoms. The summed E-state index contributed by atoms with van der Waals surface area (Å²) in [5.41, 5.74) is 0. The van der Waals surface area contributed by atoms with Crippen LogP contribution < -0.4 is 9.64 Å². The zero-order chi connectivity index (χ0) is 14.3. The minimum atomic E-state index is -0.352. The number of piperidine rings is 1. The summed E-state index contributed by atoms with van der Waals surface area (Å²) >= 11 is 0. The highest BCUT2D eigenvalue weighted by Gasteiger charge is 2.48. The number of imide groups is 1. The molecule has 1 aromatic rings. The van der Waals surface area contributed by atoms with E-state index in [1.807, 2.05) is 0 Å². The molecule has 3 heterocycles. The molecule has 2 fully saturated rings. The third kappa shape index (κ3) is 1.90. The third-order valence-electron chi connectivity index (χ3n) is 3.87. The van der Waals surface area contributed by atoms with Gasteiger partial charge in [0.2, 0.25) is 5.88 Å². The highest BCUT2D eigenvalue weighted by molar-refractivity contribution is 6.20. The van der Waals surface area contributed by atoms with Crippen LogP contribution in [0.1, 0.15) is 19.8 Å². The molecular formula is C13H16N4O3. The van der Waals surface area contributed by atoms with Crippen LogP contribution in [0, 0.1) is 5.92 Å². The number of aromatic nitrogens is 2. The fraction of sp³-hybridized carbons (Fsp3) is 0.538. The van der Waals surface area contributed by atoms with E-state index < -0.39 is 0 Å². The van der Waals surface area contributed by atoms with Crippen LogP contribution in [-0.2, 0) is 4.79 Å². The Hall–Kier alpha value is -2.18. The van der Waals surface area contributed by atoms with E-state index in [2.05, 4.69) is 17.1 Å². The Bertz CT molecular complexity index is 545. The summed E-state index contributed by atoms with van der Waals surface area (Å²) in [7, 11) is 1.48. The van der Waals surface area contributed by atoms with Gasteiger partial charge in [-0.1, -0.05) is 6.92 Å². The predicted molar refractivity (Wildman–Crippen MR) is 70.4 cm³/mol. The first-order valence-corrected chi connectivity index (χ1v) is 6.64. The molecule has 2 saturated heterocycles. The van der Waals surface area contributed by atoms with Crippen LogP contribution in [0.5, 0.6) is 5.88 Å². The van der Waals surface area contributed by atoms with Gasteiger partial charge in [-0.25, -0.2) is 9.69 Å². The number of fused-ring (bicyclic) bond motifs is 1. The number of anilines is 1. The van der Waals surface area contributed by atoms with Crippen molar-refractivity contribution in [1.82, 2.24) is 15.1 Å². The van der Waals surface area contributed by atoms with Gasteiger partial charge in [-0.05, 0) is 24.8 Å². The number of carbonyl (C=O) groups is 2. The van der Waals surface area contributed by atoms with Crippen molar-refractivity contribution in [2.45, 2.75) is 25.8 Å². The average molecular weight is 276 g/mol. The van der Waals surface area contributed by atoms with Gasteiger partial charge in [-0.15, -0.1) is 10.2 Å². The molecule has 106 valence electrons. The van der Waals surface area contributed by atoms with Crippen molar-refractivity contribution < 1.29 is 14.3 Å². The Morgan fingerprint density at radius 3 is 2.75 bits per heavy atom. The zero-order valence-corrected chi connectivity index (χ0v) is 11.4. The van der Waals surface area contributed by atoms with Crippen molar-refractivity contribution in [1.29, 1.82) is 0 Å². The van der Waals surface area contributed by atoms with Gasteiger partial charge in [0, 0.05) is 12.6 Å². The van der Waals surface area contributed by atoms with E-state index >= 15 is 0 Å². The maximum atomic E-state index is 12.4. The first kappa shape index (κ1) is 12.8. The minimum Gasteiger partial charge on any atom is -0.480 e. The van der Waals surface area contributed by atoms with E-state index in [1.54, 1.807) is 17.0 Å². The summed E-state index contributed by atoms with van der Waals surface area (Å²) in [6.07, 6.45) is 1.64. The summed E-state index contributed by atoms with van der Waals surface area (Å²) in [5.74, 6) is 0.845. The number of ether oxygens (including phenoxy) is 1. The fourth-order valence-electron chi connectivity index (χ4n) is 2.73. The molecule has 0 aliphatic carbocycles. The molecule has 2 aliphatic heterocycles. The largest absolute Gasteiger partial charge is 0.480 e. The van der Waals surface area contributed by atoms with Gasteiger partial charge in [0.15, 0.2) is 5.82 Å². The van der Waals surface area contributed by atoms with Gasteiger partial charge in [-0.3, -0.25) is 4.79 Å². The molecule has 0 saturated carbocycles. The monoisotopic (exact) mass is 276 g/mol. The Balaban J connectivity index is 1.89. The van der Waals surface area contributed by atoms with Crippen molar-refractivity contribution >= 4 is 17.8 Å². The lowest BCUT2D eigenvalue weighted by Gasteiger charge is -2.30. The van der Waals surface area contributed by atoms with Crippen LogP contribution in [0.15, 0.2) is 12.1 Å². The molecule has 1 aromatic heterocycles. The highest BCUT2D eigenvalue weighted by atomic mass is 16.5. The minimum absolute atomic E-state index is 0.207. The molecule has 0 radical (unpaired) electrons. The molecule has 0 aromatic carbocycles. The normalized spacial score (nSPS) is 25.9. The quantitative estimate of drug-likeness (QED) is 0.755. The maximum absolute atomic E-state index is 12.4. The number of rotatable bonds is 2. The molecule has 7 nitrogen and oxygen atoms in total.